The van der Waals surface area contributed by atoms with E-state index in [2.05, 4.69) is 24.9 Å². The maximum Gasteiger partial charge on any atom is 0.224 e. The molecule has 3 nitrogen and oxygen atoms in total. The minimum Gasteiger partial charge on any atom is -0.369 e. The van der Waals surface area contributed by atoms with Crippen LogP contribution in [-0.2, 0) is 11.2 Å². The summed E-state index contributed by atoms with van der Waals surface area (Å²) in [6.07, 6.45) is 4.57. The Bertz CT molecular complexity index is 415. The van der Waals surface area contributed by atoms with Crippen LogP contribution >= 0.6 is 0 Å². The minimum absolute atomic E-state index is 0.145. The first-order valence-corrected chi connectivity index (χ1v) is 5.27. The fourth-order valence-corrected chi connectivity index (χ4v) is 1.88. The van der Waals surface area contributed by atoms with Gasteiger partial charge in [0.2, 0.25) is 5.91 Å². The highest BCUT2D eigenvalue weighted by atomic mass is 16.1. The highest BCUT2D eigenvalue weighted by Gasteiger charge is 2.20. The van der Waals surface area contributed by atoms with Crippen molar-refractivity contribution in [1.82, 2.24) is 4.98 Å². The maximum atomic E-state index is 11.1. The quantitative estimate of drug-likeness (QED) is 0.758. The molecule has 0 bridgehead atoms. The molecular weight excluding hydrogens is 188 g/mol. The van der Waals surface area contributed by atoms with E-state index in [1.807, 2.05) is 12.2 Å². The normalized spacial score (nSPS) is 19.3. The molecule has 80 valence electrons. The van der Waals surface area contributed by atoms with E-state index in [0.29, 0.717) is 5.92 Å². The first kappa shape index (κ1) is 10.0. The van der Waals surface area contributed by atoms with Crippen LogP contribution < -0.4 is 5.73 Å². The Morgan fingerprint density at radius 1 is 1.60 bits per heavy atom. The second kappa shape index (κ2) is 3.57. The summed E-state index contributed by atoms with van der Waals surface area (Å²) < 4.78 is 0. The SMILES string of the molecule is CC(C)c1cc2c([nH]1)C=CC(C(N)=O)C2. The summed E-state index contributed by atoms with van der Waals surface area (Å²) in [5.74, 6) is 0.0912. The van der Waals surface area contributed by atoms with Crippen LogP contribution in [0.3, 0.4) is 0 Å². The van der Waals surface area contributed by atoms with Gasteiger partial charge in [-0.2, -0.15) is 0 Å². The number of H-pyrrole nitrogens is 1. The van der Waals surface area contributed by atoms with Gasteiger partial charge in [0.05, 0.1) is 5.92 Å². The molecule has 1 aromatic rings. The van der Waals surface area contributed by atoms with Crippen molar-refractivity contribution >= 4 is 12.0 Å². The molecule has 1 heterocycles. The molecule has 1 aromatic heterocycles. The zero-order valence-corrected chi connectivity index (χ0v) is 9.08. The zero-order chi connectivity index (χ0) is 11.0. The lowest BCUT2D eigenvalue weighted by Crippen LogP contribution is -2.24. The number of nitrogens with one attached hydrogen (secondary N) is 1. The van der Waals surface area contributed by atoms with E-state index in [1.54, 1.807) is 0 Å². The molecule has 0 saturated heterocycles. The predicted molar refractivity (Wildman–Crippen MR) is 60.3 cm³/mol. The Kier molecular flexibility index (Phi) is 2.39. The molecule has 1 unspecified atom stereocenters. The molecule has 15 heavy (non-hydrogen) atoms. The summed E-state index contributed by atoms with van der Waals surface area (Å²) in [5, 5.41) is 0. The molecule has 1 amide bonds. The number of carbonyl (C=O) groups is 1. The van der Waals surface area contributed by atoms with Gasteiger partial charge in [-0.05, 0) is 30.0 Å². The second-order valence-electron chi connectivity index (χ2n) is 4.39. The van der Waals surface area contributed by atoms with Crippen molar-refractivity contribution in [3.63, 3.8) is 0 Å². The van der Waals surface area contributed by atoms with Gasteiger partial charge in [0.1, 0.15) is 0 Å². The Morgan fingerprint density at radius 3 is 2.93 bits per heavy atom. The largest absolute Gasteiger partial charge is 0.369 e. The fraction of sp³-hybridized carbons (Fsp3) is 0.417. The summed E-state index contributed by atoms with van der Waals surface area (Å²) >= 11 is 0. The van der Waals surface area contributed by atoms with Crippen LogP contribution in [0.25, 0.3) is 6.08 Å². The number of aromatic amines is 1. The van der Waals surface area contributed by atoms with Gasteiger partial charge in [0.25, 0.3) is 0 Å². The fourth-order valence-electron chi connectivity index (χ4n) is 1.88. The van der Waals surface area contributed by atoms with Gasteiger partial charge in [-0.25, -0.2) is 0 Å². The van der Waals surface area contributed by atoms with Crippen molar-refractivity contribution in [2.45, 2.75) is 26.2 Å². The summed E-state index contributed by atoms with van der Waals surface area (Å²) in [6, 6.07) is 2.14. The van der Waals surface area contributed by atoms with E-state index in [9.17, 15) is 4.79 Å². The number of aromatic nitrogens is 1. The van der Waals surface area contributed by atoms with Crippen LogP contribution in [-0.4, -0.2) is 10.9 Å². The Labute approximate surface area is 89.4 Å². The van der Waals surface area contributed by atoms with E-state index in [4.69, 9.17) is 5.73 Å². The van der Waals surface area contributed by atoms with Crippen molar-refractivity contribution in [2.75, 3.05) is 0 Å². The molecule has 3 heteroatoms. The lowest BCUT2D eigenvalue weighted by Gasteiger charge is -2.12. The van der Waals surface area contributed by atoms with Crippen LogP contribution in [0.5, 0.6) is 0 Å². The average molecular weight is 204 g/mol. The minimum atomic E-state index is -0.246. The number of primary amides is 1. The molecule has 0 aliphatic heterocycles. The highest BCUT2D eigenvalue weighted by molar-refractivity contribution is 5.81. The Hall–Kier alpha value is -1.51. The number of hydrogen-bond donors (Lipinski definition) is 2. The molecule has 0 aromatic carbocycles. The van der Waals surface area contributed by atoms with E-state index < -0.39 is 0 Å². The van der Waals surface area contributed by atoms with Gasteiger partial charge in [0.15, 0.2) is 0 Å². The maximum absolute atomic E-state index is 11.1. The Morgan fingerprint density at radius 2 is 2.33 bits per heavy atom. The van der Waals surface area contributed by atoms with Gasteiger partial charge >= 0.3 is 0 Å². The summed E-state index contributed by atoms with van der Waals surface area (Å²) in [5.41, 5.74) is 8.83. The smallest absolute Gasteiger partial charge is 0.224 e. The number of nitrogens with two attached hydrogens (primary N) is 1. The van der Waals surface area contributed by atoms with E-state index in [1.165, 1.54) is 11.3 Å². The zero-order valence-electron chi connectivity index (χ0n) is 9.08. The molecule has 1 atom stereocenters. The van der Waals surface area contributed by atoms with Gasteiger partial charge in [-0.1, -0.05) is 19.9 Å². The van der Waals surface area contributed by atoms with Crippen LogP contribution in [0.15, 0.2) is 12.1 Å². The first-order chi connectivity index (χ1) is 7.08. The van der Waals surface area contributed by atoms with Crippen LogP contribution in [0.1, 0.15) is 36.7 Å². The van der Waals surface area contributed by atoms with Crippen molar-refractivity contribution in [3.8, 4) is 0 Å². The third kappa shape index (κ3) is 1.82. The molecule has 0 spiro atoms. The van der Waals surface area contributed by atoms with Crippen molar-refractivity contribution in [1.29, 1.82) is 0 Å². The molecule has 0 radical (unpaired) electrons. The lowest BCUT2D eigenvalue weighted by atomic mass is 9.93. The van der Waals surface area contributed by atoms with E-state index in [0.717, 1.165) is 12.1 Å². The second-order valence-corrected chi connectivity index (χ2v) is 4.39. The van der Waals surface area contributed by atoms with Gasteiger partial charge < -0.3 is 10.7 Å². The molecule has 0 saturated carbocycles. The average Bonchev–Trinajstić information content (AvgIpc) is 2.59. The van der Waals surface area contributed by atoms with Gasteiger partial charge in [0, 0.05) is 11.4 Å². The Balaban J connectivity index is 2.29. The summed E-state index contributed by atoms with van der Waals surface area (Å²) in [4.78, 5) is 14.4. The molecular formula is C12H16N2O. The monoisotopic (exact) mass is 204 g/mol. The molecule has 1 aliphatic rings. The standard InChI is InChI=1S/C12H16N2O/c1-7(2)11-6-9-5-8(12(13)15)3-4-10(9)14-11/h3-4,6-8,14H,5H2,1-2H3,(H2,13,15). The van der Waals surface area contributed by atoms with Gasteiger partial charge in [-0.15, -0.1) is 0 Å². The summed E-state index contributed by atoms with van der Waals surface area (Å²) in [6.45, 7) is 4.29. The van der Waals surface area contributed by atoms with Gasteiger partial charge in [-0.3, -0.25) is 4.79 Å². The van der Waals surface area contributed by atoms with Crippen LogP contribution in [0, 0.1) is 5.92 Å². The predicted octanol–water partition coefficient (Wildman–Crippen LogP) is 1.81. The van der Waals surface area contributed by atoms with Crippen molar-refractivity contribution in [2.24, 2.45) is 11.7 Å². The van der Waals surface area contributed by atoms with Crippen LogP contribution in [0.2, 0.25) is 0 Å². The highest BCUT2D eigenvalue weighted by Crippen LogP contribution is 2.26. The molecule has 2 rings (SSSR count). The van der Waals surface area contributed by atoms with Crippen LogP contribution in [0.4, 0.5) is 0 Å². The number of carbonyl (C=O) groups excluding carboxylic acids is 1. The molecule has 1 aliphatic carbocycles. The van der Waals surface area contributed by atoms with Crippen molar-refractivity contribution < 1.29 is 4.79 Å². The number of hydrogen-bond acceptors (Lipinski definition) is 1. The summed E-state index contributed by atoms with van der Waals surface area (Å²) in [7, 11) is 0. The number of rotatable bonds is 2. The van der Waals surface area contributed by atoms with Crippen molar-refractivity contribution in [3.05, 3.63) is 29.1 Å². The first-order valence-electron chi connectivity index (χ1n) is 5.27. The topological polar surface area (TPSA) is 58.9 Å². The van der Waals surface area contributed by atoms with E-state index in [-0.39, 0.29) is 11.8 Å². The lowest BCUT2D eigenvalue weighted by molar-refractivity contribution is -0.120. The van der Waals surface area contributed by atoms with E-state index >= 15 is 0 Å². The number of fused-ring (bicyclic) bond motifs is 1. The number of amides is 1. The molecule has 3 N–H and O–H groups in total. The third-order valence-electron chi connectivity index (χ3n) is 2.88. The third-order valence-corrected chi connectivity index (χ3v) is 2.88. The molecule has 0 fully saturated rings.